The normalized spacial score (nSPS) is 11.5. The maximum Gasteiger partial charge on any atom is 0.269 e. The zero-order chi connectivity index (χ0) is 24.1. The Labute approximate surface area is 198 Å². The number of carbonyl (C=O) groups is 1. The lowest BCUT2D eigenvalue weighted by Crippen LogP contribution is -2.29. The first-order valence-corrected chi connectivity index (χ1v) is 10.7. The summed E-state index contributed by atoms with van der Waals surface area (Å²) in [5.41, 5.74) is 3.01. The second-order valence-corrected chi connectivity index (χ2v) is 7.65. The predicted octanol–water partition coefficient (Wildman–Crippen LogP) is 4.71. The van der Waals surface area contributed by atoms with Crippen LogP contribution >= 0.6 is 0 Å². The predicted molar refractivity (Wildman–Crippen MR) is 129 cm³/mol. The quantitative estimate of drug-likeness (QED) is 0.416. The first kappa shape index (κ1) is 22.7. The van der Waals surface area contributed by atoms with Gasteiger partial charge in [-0.2, -0.15) is 5.26 Å². The highest BCUT2D eigenvalue weighted by atomic mass is 16.5. The second-order valence-electron chi connectivity index (χ2n) is 7.65. The minimum atomic E-state index is -0.926. The van der Waals surface area contributed by atoms with Crippen molar-refractivity contribution < 1.29 is 19.0 Å². The molecule has 1 heterocycles. The largest absolute Gasteiger partial charge is 0.493 e. The number of nitriles is 1. The van der Waals surface area contributed by atoms with E-state index in [4.69, 9.17) is 14.2 Å². The number of carbonyl (C=O) groups excluding carboxylic acids is 1. The first-order valence-electron chi connectivity index (χ1n) is 10.7. The summed E-state index contributed by atoms with van der Waals surface area (Å²) in [7, 11) is 4.52. The Morgan fingerprint density at radius 1 is 0.941 bits per heavy atom. The average Bonchev–Trinajstić information content (AvgIpc) is 3.25. The summed E-state index contributed by atoms with van der Waals surface area (Å²) in [4.78, 5) is 13.4. The van der Waals surface area contributed by atoms with Gasteiger partial charge in [0.2, 0.25) is 5.75 Å². The van der Waals surface area contributed by atoms with Crippen LogP contribution in [-0.2, 0) is 6.54 Å². The number of hydrogen-bond acceptors (Lipinski definition) is 5. The van der Waals surface area contributed by atoms with E-state index in [9.17, 15) is 10.1 Å². The standard InChI is InChI=1S/C27H25N3O4/c1-32-24-14-20(15-25(33-2)26(24)34-3)21(16-28)29-27(31)23-13-19-11-7-8-12-22(19)30(23)17-18-9-5-4-6-10-18/h4-15,21H,17H2,1-3H3,(H,29,31). The number of ether oxygens (including phenoxy) is 3. The Bertz CT molecular complexity index is 1330. The number of fused-ring (bicyclic) bond motifs is 1. The Balaban J connectivity index is 1.70. The summed E-state index contributed by atoms with van der Waals surface area (Å²) < 4.78 is 18.1. The number of nitrogens with one attached hydrogen (secondary N) is 1. The molecule has 1 amide bonds. The van der Waals surface area contributed by atoms with Crippen LogP contribution < -0.4 is 19.5 Å². The average molecular weight is 456 g/mol. The molecule has 7 nitrogen and oxygen atoms in total. The van der Waals surface area contributed by atoms with Crippen LogP contribution in [0.1, 0.15) is 27.7 Å². The zero-order valence-electron chi connectivity index (χ0n) is 19.2. The number of hydrogen-bond donors (Lipinski definition) is 1. The highest BCUT2D eigenvalue weighted by Gasteiger charge is 2.23. The summed E-state index contributed by atoms with van der Waals surface area (Å²) in [6.07, 6.45) is 0. The van der Waals surface area contributed by atoms with Crippen LogP contribution in [0.15, 0.2) is 72.8 Å². The summed E-state index contributed by atoms with van der Waals surface area (Å²) in [6, 6.07) is 24.2. The third-order valence-electron chi connectivity index (χ3n) is 5.65. The highest BCUT2D eigenvalue weighted by molar-refractivity contribution is 5.99. The molecule has 0 saturated heterocycles. The van der Waals surface area contributed by atoms with E-state index < -0.39 is 6.04 Å². The monoisotopic (exact) mass is 455 g/mol. The molecule has 0 radical (unpaired) electrons. The molecule has 3 aromatic carbocycles. The van der Waals surface area contributed by atoms with Crippen molar-refractivity contribution >= 4 is 16.8 Å². The first-order chi connectivity index (χ1) is 16.6. The number of benzene rings is 3. The van der Waals surface area contributed by atoms with Gasteiger partial charge in [0.25, 0.3) is 5.91 Å². The van der Waals surface area contributed by atoms with Crippen molar-refractivity contribution in [1.82, 2.24) is 9.88 Å². The van der Waals surface area contributed by atoms with E-state index in [2.05, 4.69) is 11.4 Å². The van der Waals surface area contributed by atoms with Gasteiger partial charge in [-0.15, -0.1) is 0 Å². The molecular formula is C27H25N3O4. The van der Waals surface area contributed by atoms with Gasteiger partial charge in [0, 0.05) is 17.4 Å². The van der Waals surface area contributed by atoms with Crippen LogP contribution in [0.5, 0.6) is 17.2 Å². The molecule has 0 saturated carbocycles. The van der Waals surface area contributed by atoms with Crippen molar-refractivity contribution in [3.63, 3.8) is 0 Å². The minimum absolute atomic E-state index is 0.354. The van der Waals surface area contributed by atoms with Gasteiger partial charge in [-0.1, -0.05) is 48.5 Å². The molecule has 0 aliphatic rings. The minimum Gasteiger partial charge on any atom is -0.493 e. The van der Waals surface area contributed by atoms with Crippen LogP contribution in [0.3, 0.4) is 0 Å². The lowest BCUT2D eigenvalue weighted by Gasteiger charge is -2.18. The van der Waals surface area contributed by atoms with E-state index in [-0.39, 0.29) is 5.91 Å². The fourth-order valence-corrected chi connectivity index (χ4v) is 4.00. The summed E-state index contributed by atoms with van der Waals surface area (Å²) >= 11 is 0. The van der Waals surface area contributed by atoms with Gasteiger partial charge in [0.15, 0.2) is 11.5 Å². The SMILES string of the molecule is COc1cc(C(C#N)NC(=O)c2cc3ccccc3n2Cc2ccccc2)cc(OC)c1OC. The number of aromatic nitrogens is 1. The molecule has 0 spiro atoms. The molecule has 0 fully saturated rings. The summed E-state index contributed by atoms with van der Waals surface area (Å²) in [6.45, 7) is 0.526. The number of amides is 1. The zero-order valence-corrected chi connectivity index (χ0v) is 19.2. The molecule has 1 unspecified atom stereocenters. The van der Waals surface area contributed by atoms with Crippen LogP contribution in [-0.4, -0.2) is 31.8 Å². The van der Waals surface area contributed by atoms with Gasteiger partial charge in [-0.25, -0.2) is 0 Å². The van der Waals surface area contributed by atoms with E-state index in [0.29, 0.717) is 35.1 Å². The molecule has 0 aliphatic carbocycles. The van der Waals surface area contributed by atoms with Gasteiger partial charge < -0.3 is 24.1 Å². The maximum atomic E-state index is 13.4. The van der Waals surface area contributed by atoms with Gasteiger partial charge in [-0.05, 0) is 35.4 Å². The third-order valence-corrected chi connectivity index (χ3v) is 5.65. The number of rotatable bonds is 8. The Morgan fingerprint density at radius 2 is 1.59 bits per heavy atom. The molecule has 0 aliphatic heterocycles. The van der Waals surface area contributed by atoms with Gasteiger partial charge >= 0.3 is 0 Å². The van der Waals surface area contributed by atoms with Gasteiger partial charge in [0.1, 0.15) is 11.7 Å². The van der Waals surface area contributed by atoms with E-state index in [1.165, 1.54) is 21.3 Å². The molecule has 4 aromatic rings. The van der Waals surface area contributed by atoms with Crippen molar-refractivity contribution in [1.29, 1.82) is 5.26 Å². The van der Waals surface area contributed by atoms with Crippen LogP contribution in [0.4, 0.5) is 0 Å². The molecular weight excluding hydrogens is 430 g/mol. The Morgan fingerprint density at radius 3 is 2.21 bits per heavy atom. The van der Waals surface area contributed by atoms with Crippen LogP contribution in [0, 0.1) is 11.3 Å². The molecule has 7 heteroatoms. The lowest BCUT2D eigenvalue weighted by atomic mass is 10.1. The van der Waals surface area contributed by atoms with E-state index in [0.717, 1.165) is 16.5 Å². The maximum absolute atomic E-state index is 13.4. The highest BCUT2D eigenvalue weighted by Crippen LogP contribution is 2.39. The van der Waals surface area contributed by atoms with Crippen LogP contribution in [0.2, 0.25) is 0 Å². The van der Waals surface area contributed by atoms with Crippen molar-refractivity contribution in [3.8, 4) is 23.3 Å². The molecule has 0 bridgehead atoms. The number of nitrogens with zero attached hydrogens (tertiary/aromatic N) is 2. The van der Waals surface area contributed by atoms with E-state index >= 15 is 0 Å². The molecule has 172 valence electrons. The molecule has 34 heavy (non-hydrogen) atoms. The fraction of sp³-hybridized carbons (Fsp3) is 0.185. The smallest absolute Gasteiger partial charge is 0.269 e. The third kappa shape index (κ3) is 4.39. The molecule has 4 rings (SSSR count). The summed E-state index contributed by atoms with van der Waals surface area (Å²) in [5.74, 6) is 0.876. The molecule has 1 atom stereocenters. The summed E-state index contributed by atoms with van der Waals surface area (Å²) in [5, 5.41) is 13.7. The lowest BCUT2D eigenvalue weighted by molar-refractivity contribution is 0.0936. The Hall–Kier alpha value is -4.44. The molecule has 1 aromatic heterocycles. The van der Waals surface area contributed by atoms with Crippen molar-refractivity contribution in [3.05, 3.63) is 89.6 Å². The number of methoxy groups -OCH3 is 3. The van der Waals surface area contributed by atoms with E-state index in [1.54, 1.807) is 12.1 Å². The second kappa shape index (κ2) is 10.0. The van der Waals surface area contributed by atoms with Gasteiger partial charge in [-0.3, -0.25) is 4.79 Å². The van der Waals surface area contributed by atoms with Gasteiger partial charge in [0.05, 0.1) is 27.4 Å². The molecule has 1 N–H and O–H groups in total. The van der Waals surface area contributed by atoms with E-state index in [1.807, 2.05) is 65.2 Å². The number of para-hydroxylation sites is 1. The topological polar surface area (TPSA) is 85.5 Å². The van der Waals surface area contributed by atoms with Crippen LogP contribution in [0.25, 0.3) is 10.9 Å². The Kier molecular flexibility index (Phi) is 6.69. The fourth-order valence-electron chi connectivity index (χ4n) is 4.00. The van der Waals surface area contributed by atoms with Crippen molar-refractivity contribution in [2.75, 3.05) is 21.3 Å². The van der Waals surface area contributed by atoms with Crippen molar-refractivity contribution in [2.45, 2.75) is 12.6 Å². The van der Waals surface area contributed by atoms with Crippen molar-refractivity contribution in [2.24, 2.45) is 0 Å².